The Labute approximate surface area is 144 Å². The lowest BCUT2D eigenvalue weighted by molar-refractivity contribution is 0.0696. The van der Waals surface area contributed by atoms with E-state index in [2.05, 4.69) is 10.00 Å². The van der Waals surface area contributed by atoms with Gasteiger partial charge in [0.15, 0.2) is 0 Å². The predicted octanol–water partition coefficient (Wildman–Crippen LogP) is 1.11. The number of aromatic nitrogens is 2. The van der Waals surface area contributed by atoms with Crippen molar-refractivity contribution in [2.75, 3.05) is 53.5 Å². The highest BCUT2D eigenvalue weighted by Crippen LogP contribution is 2.19. The standard InChI is InChI=1S/C17H29N5O2/c1-19(2)9-10-24-14-15-11-21(17(23)20-7-3-4-8-20)13-16-5-6-18-22(16)12-15/h5-6,15H,3-4,7-14H2,1-2H3. The second kappa shape index (κ2) is 7.98. The highest BCUT2D eigenvalue weighted by molar-refractivity contribution is 5.74. The summed E-state index contributed by atoms with van der Waals surface area (Å²) >= 11 is 0. The highest BCUT2D eigenvalue weighted by Gasteiger charge is 2.29. The average Bonchev–Trinajstić information content (AvgIpc) is 3.19. The highest BCUT2D eigenvalue weighted by atomic mass is 16.5. The fourth-order valence-corrected chi connectivity index (χ4v) is 3.39. The van der Waals surface area contributed by atoms with Gasteiger partial charge in [-0.05, 0) is 33.0 Å². The Hall–Kier alpha value is -1.60. The number of nitrogens with zero attached hydrogens (tertiary/aromatic N) is 5. The average molecular weight is 335 g/mol. The summed E-state index contributed by atoms with van der Waals surface area (Å²) in [5, 5.41) is 4.42. The Morgan fingerprint density at radius 2 is 2.08 bits per heavy atom. The summed E-state index contributed by atoms with van der Waals surface area (Å²) in [4.78, 5) is 18.9. The van der Waals surface area contributed by atoms with Gasteiger partial charge < -0.3 is 19.4 Å². The number of urea groups is 1. The molecule has 0 saturated carbocycles. The van der Waals surface area contributed by atoms with Crippen molar-refractivity contribution < 1.29 is 9.53 Å². The maximum Gasteiger partial charge on any atom is 0.320 e. The van der Waals surface area contributed by atoms with Crippen molar-refractivity contribution in [2.45, 2.75) is 25.9 Å². The molecule has 1 fully saturated rings. The van der Waals surface area contributed by atoms with E-state index in [1.165, 1.54) is 0 Å². The van der Waals surface area contributed by atoms with Gasteiger partial charge in [0, 0.05) is 44.8 Å². The van der Waals surface area contributed by atoms with Crippen LogP contribution >= 0.6 is 0 Å². The van der Waals surface area contributed by atoms with Gasteiger partial charge in [0.25, 0.3) is 0 Å². The summed E-state index contributed by atoms with van der Waals surface area (Å²) in [5.74, 6) is 0.278. The maximum absolute atomic E-state index is 12.8. The fourth-order valence-electron chi connectivity index (χ4n) is 3.39. The summed E-state index contributed by atoms with van der Waals surface area (Å²) in [5.41, 5.74) is 1.11. The van der Waals surface area contributed by atoms with Crippen LogP contribution in [0.25, 0.3) is 0 Å². The first-order chi connectivity index (χ1) is 11.6. The van der Waals surface area contributed by atoms with E-state index in [0.717, 1.165) is 57.9 Å². The maximum atomic E-state index is 12.8. The van der Waals surface area contributed by atoms with Gasteiger partial charge in [-0.15, -0.1) is 0 Å². The molecule has 0 spiro atoms. The summed E-state index contributed by atoms with van der Waals surface area (Å²) in [6.07, 6.45) is 4.06. The summed E-state index contributed by atoms with van der Waals surface area (Å²) in [6.45, 7) is 6.26. The van der Waals surface area contributed by atoms with Crippen molar-refractivity contribution in [3.63, 3.8) is 0 Å². The lowest BCUT2D eigenvalue weighted by Gasteiger charge is -2.28. The predicted molar refractivity (Wildman–Crippen MR) is 91.7 cm³/mol. The van der Waals surface area contributed by atoms with Crippen LogP contribution in [-0.4, -0.2) is 84.0 Å². The molecule has 0 radical (unpaired) electrons. The molecular weight excluding hydrogens is 306 g/mol. The molecule has 1 aromatic heterocycles. The monoisotopic (exact) mass is 335 g/mol. The van der Waals surface area contributed by atoms with Gasteiger partial charge in [-0.3, -0.25) is 4.68 Å². The van der Waals surface area contributed by atoms with Gasteiger partial charge in [0.1, 0.15) is 0 Å². The molecule has 2 aliphatic heterocycles. The zero-order valence-electron chi connectivity index (χ0n) is 14.9. The van der Waals surface area contributed by atoms with Crippen LogP contribution in [0.2, 0.25) is 0 Å². The lowest BCUT2D eigenvalue weighted by atomic mass is 10.1. The van der Waals surface area contributed by atoms with Gasteiger partial charge in [0.05, 0.1) is 25.5 Å². The molecule has 1 atom stereocenters. The van der Waals surface area contributed by atoms with Crippen LogP contribution in [-0.2, 0) is 17.8 Å². The Morgan fingerprint density at radius 3 is 2.83 bits per heavy atom. The largest absolute Gasteiger partial charge is 0.380 e. The van der Waals surface area contributed by atoms with E-state index in [1.54, 1.807) is 0 Å². The Kier molecular flexibility index (Phi) is 5.73. The van der Waals surface area contributed by atoms with E-state index in [1.807, 2.05) is 40.8 Å². The number of rotatable bonds is 5. The van der Waals surface area contributed by atoms with Crippen molar-refractivity contribution in [3.05, 3.63) is 18.0 Å². The number of ether oxygens (including phenoxy) is 1. The quantitative estimate of drug-likeness (QED) is 0.757. The summed E-state index contributed by atoms with van der Waals surface area (Å²) in [6, 6.07) is 2.18. The van der Waals surface area contributed by atoms with Gasteiger partial charge >= 0.3 is 6.03 Å². The number of amides is 2. The van der Waals surface area contributed by atoms with Gasteiger partial charge in [-0.1, -0.05) is 0 Å². The molecule has 24 heavy (non-hydrogen) atoms. The number of carbonyl (C=O) groups is 1. The van der Waals surface area contributed by atoms with E-state index in [0.29, 0.717) is 13.2 Å². The lowest BCUT2D eigenvalue weighted by Crippen LogP contribution is -2.43. The third-order valence-corrected chi connectivity index (χ3v) is 4.75. The molecule has 2 amide bonds. The summed E-state index contributed by atoms with van der Waals surface area (Å²) < 4.78 is 7.88. The molecule has 7 nitrogen and oxygen atoms in total. The number of hydrogen-bond donors (Lipinski definition) is 0. The van der Waals surface area contributed by atoms with Crippen LogP contribution in [0.15, 0.2) is 12.3 Å². The van der Waals surface area contributed by atoms with Crippen LogP contribution in [0.4, 0.5) is 4.79 Å². The van der Waals surface area contributed by atoms with Crippen molar-refractivity contribution in [3.8, 4) is 0 Å². The van der Waals surface area contributed by atoms with Crippen LogP contribution < -0.4 is 0 Å². The number of hydrogen-bond acceptors (Lipinski definition) is 4. The first-order valence-corrected chi connectivity index (χ1v) is 8.90. The van der Waals surface area contributed by atoms with Crippen LogP contribution in [0.1, 0.15) is 18.5 Å². The van der Waals surface area contributed by atoms with Crippen molar-refractivity contribution >= 4 is 6.03 Å². The third-order valence-electron chi connectivity index (χ3n) is 4.75. The second-order valence-corrected chi connectivity index (χ2v) is 7.11. The molecule has 134 valence electrons. The van der Waals surface area contributed by atoms with Gasteiger partial charge in [0.2, 0.25) is 0 Å². The molecule has 1 unspecified atom stereocenters. The molecule has 3 rings (SSSR count). The van der Waals surface area contributed by atoms with Gasteiger partial charge in [-0.25, -0.2) is 4.79 Å². The normalized spacial score (nSPS) is 21.2. The minimum absolute atomic E-state index is 0.167. The zero-order valence-corrected chi connectivity index (χ0v) is 14.9. The minimum Gasteiger partial charge on any atom is -0.380 e. The van der Waals surface area contributed by atoms with E-state index >= 15 is 0 Å². The van der Waals surface area contributed by atoms with Crippen LogP contribution in [0.5, 0.6) is 0 Å². The Bertz CT molecular complexity index is 539. The smallest absolute Gasteiger partial charge is 0.320 e. The molecule has 2 aliphatic rings. The molecule has 0 aromatic carbocycles. The van der Waals surface area contributed by atoms with Crippen LogP contribution in [0.3, 0.4) is 0 Å². The summed E-state index contributed by atoms with van der Waals surface area (Å²) in [7, 11) is 4.09. The first-order valence-electron chi connectivity index (χ1n) is 8.90. The molecule has 0 bridgehead atoms. The molecule has 1 aromatic rings. The third kappa shape index (κ3) is 4.27. The van der Waals surface area contributed by atoms with Crippen LogP contribution in [0, 0.1) is 5.92 Å². The number of carbonyl (C=O) groups excluding carboxylic acids is 1. The molecule has 3 heterocycles. The second-order valence-electron chi connectivity index (χ2n) is 7.11. The van der Waals surface area contributed by atoms with E-state index in [-0.39, 0.29) is 11.9 Å². The van der Waals surface area contributed by atoms with Gasteiger partial charge in [-0.2, -0.15) is 5.10 Å². The molecular formula is C17H29N5O2. The number of likely N-dealkylation sites (tertiary alicyclic amines) is 1. The van der Waals surface area contributed by atoms with Crippen molar-refractivity contribution in [1.29, 1.82) is 0 Å². The van der Waals surface area contributed by atoms with E-state index in [9.17, 15) is 4.79 Å². The molecule has 0 N–H and O–H groups in total. The van der Waals surface area contributed by atoms with Crippen molar-refractivity contribution in [1.82, 2.24) is 24.5 Å². The molecule has 7 heteroatoms. The number of likely N-dealkylation sites (N-methyl/N-ethyl adjacent to an activating group) is 1. The Balaban J connectivity index is 1.63. The van der Waals surface area contributed by atoms with E-state index < -0.39 is 0 Å². The fraction of sp³-hybridized carbons (Fsp3) is 0.765. The Morgan fingerprint density at radius 1 is 1.29 bits per heavy atom. The topological polar surface area (TPSA) is 53.8 Å². The van der Waals surface area contributed by atoms with Crippen molar-refractivity contribution in [2.24, 2.45) is 5.92 Å². The number of fused-ring (bicyclic) bond motifs is 1. The SMILES string of the molecule is CN(C)CCOCC1CN(C(=O)N2CCCC2)Cc2ccnn2C1. The zero-order chi connectivity index (χ0) is 16.9. The molecule has 0 aliphatic carbocycles. The first kappa shape index (κ1) is 17.2. The minimum atomic E-state index is 0.167. The van der Waals surface area contributed by atoms with E-state index in [4.69, 9.17) is 4.74 Å². The molecule has 1 saturated heterocycles.